The van der Waals surface area contributed by atoms with E-state index in [1.54, 1.807) is 0 Å². The van der Waals surface area contributed by atoms with Crippen molar-refractivity contribution in [2.24, 2.45) is 0 Å². The maximum Gasteiger partial charge on any atom is 0.472 e. The molecule has 0 heterocycles. The number of hydrogen-bond donors (Lipinski definition) is 4. The smallest absolute Gasteiger partial charge is 0.463 e. The van der Waals surface area contributed by atoms with Gasteiger partial charge < -0.3 is 34.2 Å². The van der Waals surface area contributed by atoms with Gasteiger partial charge in [0.15, 0.2) is 6.10 Å². The van der Waals surface area contributed by atoms with E-state index in [9.17, 15) is 43.5 Å². The predicted molar refractivity (Wildman–Crippen MR) is 381 cm³/mol. The maximum absolute atomic E-state index is 12.9. The van der Waals surface area contributed by atoms with Crippen LogP contribution in [0.15, 0.2) is 72.9 Å². The molecule has 0 fully saturated rings. The van der Waals surface area contributed by atoms with Gasteiger partial charge in [-0.3, -0.25) is 32.5 Å². The van der Waals surface area contributed by atoms with Gasteiger partial charge in [0.05, 0.1) is 26.4 Å². The normalized spacial score (nSPS) is 14.5. The molecule has 0 spiro atoms. The maximum atomic E-state index is 12.9. The van der Waals surface area contributed by atoms with Crippen molar-refractivity contribution in [1.82, 2.24) is 0 Å². The number of rotatable bonds is 71. The van der Waals surface area contributed by atoms with Gasteiger partial charge in [0.25, 0.3) is 0 Å². The summed E-state index contributed by atoms with van der Waals surface area (Å²) in [7, 11) is -9.76. The Morgan fingerprint density at radius 3 is 0.903 bits per heavy atom. The van der Waals surface area contributed by atoms with E-state index in [1.165, 1.54) is 161 Å². The molecule has 4 N–H and O–H groups in total. The zero-order chi connectivity index (χ0) is 68.1. The highest BCUT2D eigenvalue weighted by Gasteiger charge is 2.29. The van der Waals surface area contributed by atoms with Gasteiger partial charge in [-0.2, -0.15) is 0 Å². The van der Waals surface area contributed by atoms with E-state index in [2.05, 4.69) is 93.7 Å². The summed E-state index contributed by atoms with van der Waals surface area (Å²) in [4.78, 5) is 58.4. The third kappa shape index (κ3) is 70.1. The predicted octanol–water partition coefficient (Wildman–Crippen LogP) is 21.1. The lowest BCUT2D eigenvalue weighted by atomic mass is 10.0. The van der Waals surface area contributed by atoms with Gasteiger partial charge in [0.1, 0.15) is 25.4 Å². The van der Waals surface area contributed by atoms with Crippen LogP contribution in [0.3, 0.4) is 0 Å². The number of phosphoric ester groups is 2. The molecule has 0 aliphatic heterocycles. The topological polar surface area (TPSA) is 231 Å². The highest BCUT2D eigenvalue weighted by atomic mass is 31.2. The minimum atomic E-state index is -4.91. The number of allylic oxidation sites excluding steroid dienone is 12. The van der Waals surface area contributed by atoms with Crippen molar-refractivity contribution in [3.8, 4) is 0 Å². The molecule has 0 aliphatic rings. The number of aliphatic hydroxyl groups is 2. The first kappa shape index (κ1) is 90.0. The first-order valence-electron chi connectivity index (χ1n) is 37.2. The molecule has 93 heavy (non-hydrogen) atoms. The molecule has 0 aromatic carbocycles. The SMILES string of the molecule is CC/C=C\C/C=C\C/C=C\C/C=C\C/C=C\C/C=C\CCCCCCCCCCCCCCC(=O)OCC(O)COP(=O)(O)OCC(O)COP(=O)(O)OCC(COC(=O)CCCCCCCCCCCCCCCCC)OC(=O)CCCCCCCCCCCCC. The average Bonchev–Trinajstić information content (AvgIpc) is 2.38. The summed E-state index contributed by atoms with van der Waals surface area (Å²) in [6.45, 7) is 2.59. The number of carbonyl (C=O) groups is 3. The van der Waals surface area contributed by atoms with Crippen LogP contribution in [0.25, 0.3) is 0 Å². The van der Waals surface area contributed by atoms with Crippen LogP contribution in [0.2, 0.25) is 0 Å². The van der Waals surface area contributed by atoms with Crippen LogP contribution in [0.4, 0.5) is 0 Å². The standard InChI is InChI=1S/C75H136O16P2/c1-4-7-10-13-16-19-22-24-26-27-28-29-30-31-32-33-34-35-36-37-38-39-40-41-43-45-47-49-52-55-58-61-73(78)85-64-70(76)65-87-92(81,82)88-66-71(77)67-89-93(83,84)90-69-72(91-75(80)63-60-57-54-51-46-21-18-15-12-9-6-3)68-86-74(79)62-59-56-53-50-48-44-42-25-23-20-17-14-11-8-5-2/h7,10,16,19,24,26,28-29,31-32,34-35,70-72,76-77H,4-6,8-9,11-15,17-18,20-23,25,27,30,33,36-69H2,1-3H3,(H,81,82)(H,83,84)/b10-7-,19-16-,26-24-,29-28-,32-31-,35-34-. The zero-order valence-electron chi connectivity index (χ0n) is 58.9. The highest BCUT2D eigenvalue weighted by Crippen LogP contribution is 2.45. The molecule has 0 aromatic heterocycles. The van der Waals surface area contributed by atoms with Crippen molar-refractivity contribution in [3.05, 3.63) is 72.9 Å². The monoisotopic (exact) mass is 1350 g/mol. The summed E-state index contributed by atoms with van der Waals surface area (Å²) in [5, 5.41) is 20.6. The molecule has 5 unspecified atom stereocenters. The fourth-order valence-electron chi connectivity index (χ4n) is 10.3. The lowest BCUT2D eigenvalue weighted by Gasteiger charge is -2.21. The van der Waals surface area contributed by atoms with Crippen LogP contribution in [0.5, 0.6) is 0 Å². The quantitative estimate of drug-likeness (QED) is 0.0146. The van der Waals surface area contributed by atoms with Crippen molar-refractivity contribution < 1.29 is 75.8 Å². The largest absolute Gasteiger partial charge is 0.472 e. The van der Waals surface area contributed by atoms with Crippen LogP contribution >= 0.6 is 15.6 Å². The fraction of sp³-hybridized carbons (Fsp3) is 0.800. The Morgan fingerprint density at radius 1 is 0.312 bits per heavy atom. The minimum Gasteiger partial charge on any atom is -0.463 e. The van der Waals surface area contributed by atoms with Gasteiger partial charge in [-0.15, -0.1) is 0 Å². The molecule has 0 bridgehead atoms. The van der Waals surface area contributed by atoms with E-state index < -0.39 is 91.5 Å². The summed E-state index contributed by atoms with van der Waals surface area (Å²) in [5.41, 5.74) is 0. The fourth-order valence-corrected chi connectivity index (χ4v) is 11.9. The van der Waals surface area contributed by atoms with Gasteiger partial charge in [-0.1, -0.05) is 312 Å². The molecule has 5 atom stereocenters. The number of esters is 3. The molecular weight excluding hydrogens is 1220 g/mol. The van der Waals surface area contributed by atoms with E-state index in [1.807, 2.05) is 0 Å². The summed E-state index contributed by atoms with van der Waals surface area (Å²) in [5.74, 6) is -1.56. The van der Waals surface area contributed by atoms with Crippen molar-refractivity contribution in [2.75, 3.05) is 39.6 Å². The summed E-state index contributed by atoms with van der Waals surface area (Å²) in [6.07, 6.45) is 74.0. The number of phosphoric acid groups is 2. The Bertz CT molecular complexity index is 1990. The molecule has 0 radical (unpaired) electrons. The Morgan fingerprint density at radius 2 is 0.570 bits per heavy atom. The second-order valence-corrected chi connectivity index (χ2v) is 28.0. The van der Waals surface area contributed by atoms with Crippen LogP contribution in [-0.2, 0) is 55.8 Å². The Kier molecular flexibility index (Phi) is 66.7. The lowest BCUT2D eigenvalue weighted by molar-refractivity contribution is -0.161. The van der Waals surface area contributed by atoms with Crippen molar-refractivity contribution in [1.29, 1.82) is 0 Å². The van der Waals surface area contributed by atoms with Gasteiger partial charge in [0.2, 0.25) is 0 Å². The van der Waals surface area contributed by atoms with Gasteiger partial charge in [0, 0.05) is 19.3 Å². The van der Waals surface area contributed by atoms with Crippen LogP contribution in [0, 0.1) is 0 Å². The number of carbonyl (C=O) groups excluding carboxylic acids is 3. The second-order valence-electron chi connectivity index (χ2n) is 25.1. The first-order valence-corrected chi connectivity index (χ1v) is 40.2. The number of aliphatic hydroxyl groups excluding tert-OH is 2. The number of unbranched alkanes of at least 4 members (excludes halogenated alkanes) is 36. The van der Waals surface area contributed by atoms with Gasteiger partial charge in [-0.25, -0.2) is 9.13 Å². The molecule has 18 heteroatoms. The second kappa shape index (κ2) is 68.9. The number of hydrogen-bond acceptors (Lipinski definition) is 14. The third-order valence-corrected chi connectivity index (χ3v) is 17.8. The van der Waals surface area contributed by atoms with Crippen LogP contribution < -0.4 is 0 Å². The van der Waals surface area contributed by atoms with Crippen LogP contribution in [-0.4, -0.2) is 95.9 Å². The average molecular weight is 1360 g/mol. The molecule has 542 valence electrons. The lowest BCUT2D eigenvalue weighted by Crippen LogP contribution is -2.30. The Hall–Kier alpha value is -3.01. The van der Waals surface area contributed by atoms with Crippen molar-refractivity contribution >= 4 is 33.6 Å². The van der Waals surface area contributed by atoms with E-state index in [-0.39, 0.29) is 19.3 Å². The summed E-state index contributed by atoms with van der Waals surface area (Å²) >= 11 is 0. The van der Waals surface area contributed by atoms with E-state index in [4.69, 9.17) is 32.3 Å². The zero-order valence-corrected chi connectivity index (χ0v) is 60.7. The van der Waals surface area contributed by atoms with E-state index in [0.717, 1.165) is 109 Å². The summed E-state index contributed by atoms with van der Waals surface area (Å²) < 4.78 is 60.9. The van der Waals surface area contributed by atoms with Crippen molar-refractivity contribution in [2.45, 2.75) is 347 Å². The molecule has 0 saturated carbocycles. The highest BCUT2D eigenvalue weighted by molar-refractivity contribution is 7.47. The van der Waals surface area contributed by atoms with Gasteiger partial charge in [-0.05, 0) is 70.6 Å². The third-order valence-electron chi connectivity index (χ3n) is 15.9. The molecule has 0 aromatic rings. The van der Waals surface area contributed by atoms with Gasteiger partial charge >= 0.3 is 33.6 Å². The first-order chi connectivity index (χ1) is 45.2. The molecule has 0 saturated heterocycles. The minimum absolute atomic E-state index is 0.112. The Labute approximate surface area is 566 Å². The summed E-state index contributed by atoms with van der Waals surface area (Å²) in [6, 6.07) is 0. The van der Waals surface area contributed by atoms with E-state index >= 15 is 0 Å². The van der Waals surface area contributed by atoms with Crippen LogP contribution in [0.1, 0.15) is 329 Å². The van der Waals surface area contributed by atoms with Crippen molar-refractivity contribution in [3.63, 3.8) is 0 Å². The molecular formula is C75H136O16P2. The molecule has 0 rings (SSSR count). The molecule has 16 nitrogen and oxygen atoms in total. The Balaban J connectivity index is 4.36. The molecule has 0 amide bonds. The number of ether oxygens (including phenoxy) is 3. The van der Waals surface area contributed by atoms with E-state index in [0.29, 0.717) is 19.3 Å². The molecule has 0 aliphatic carbocycles.